The number of carbonyl (C=O) groups excluding carboxylic acids is 2. The third-order valence-corrected chi connectivity index (χ3v) is 5.17. The number of anilines is 3. The highest BCUT2D eigenvalue weighted by Crippen LogP contribution is 2.31. The van der Waals surface area contributed by atoms with Gasteiger partial charge in [0.05, 0.1) is 17.9 Å². The molecular weight excluding hydrogens is 350 g/mol. The third-order valence-electron chi connectivity index (χ3n) is 5.17. The quantitative estimate of drug-likeness (QED) is 0.754. The molecule has 1 aliphatic heterocycles. The van der Waals surface area contributed by atoms with Gasteiger partial charge >= 0.3 is 0 Å². The molecule has 142 valence electrons. The fourth-order valence-corrected chi connectivity index (χ4v) is 3.75. The number of rotatable bonds is 3. The van der Waals surface area contributed by atoms with Crippen molar-refractivity contribution < 1.29 is 9.59 Å². The highest BCUT2D eigenvalue weighted by atomic mass is 16.2. The minimum atomic E-state index is -0.207. The van der Waals surface area contributed by atoms with Gasteiger partial charge in [-0.25, -0.2) is 0 Å². The monoisotopic (exact) mass is 373 g/mol. The van der Waals surface area contributed by atoms with Crippen LogP contribution >= 0.6 is 0 Å². The summed E-state index contributed by atoms with van der Waals surface area (Å²) in [6, 6.07) is 21.6. The van der Waals surface area contributed by atoms with E-state index < -0.39 is 0 Å². The van der Waals surface area contributed by atoms with Crippen LogP contribution in [-0.4, -0.2) is 31.4 Å². The lowest BCUT2D eigenvalue weighted by molar-refractivity contribution is -0.118. The lowest BCUT2D eigenvalue weighted by Gasteiger charge is -2.30. The highest BCUT2D eigenvalue weighted by molar-refractivity contribution is 6.05. The van der Waals surface area contributed by atoms with E-state index in [2.05, 4.69) is 29.6 Å². The number of nitrogens with one attached hydrogen (secondary N) is 1. The molecule has 3 aromatic rings. The molecule has 3 aromatic carbocycles. The van der Waals surface area contributed by atoms with Crippen molar-refractivity contribution in [1.82, 2.24) is 0 Å². The zero-order valence-electron chi connectivity index (χ0n) is 16.1. The molecule has 1 N–H and O–H groups in total. The largest absolute Gasteiger partial charge is 0.365 e. The Hall–Kier alpha value is -3.34. The van der Waals surface area contributed by atoms with E-state index >= 15 is 0 Å². The number of benzene rings is 3. The average molecular weight is 373 g/mol. The van der Waals surface area contributed by atoms with Gasteiger partial charge in [-0.1, -0.05) is 42.5 Å². The van der Waals surface area contributed by atoms with Gasteiger partial charge in [0, 0.05) is 25.2 Å². The molecule has 2 amide bonds. The van der Waals surface area contributed by atoms with Crippen LogP contribution in [0.25, 0.3) is 10.8 Å². The summed E-state index contributed by atoms with van der Waals surface area (Å²) >= 11 is 0. The van der Waals surface area contributed by atoms with Crippen LogP contribution < -0.4 is 15.1 Å². The SMILES string of the molecule is CC1CC(=O)Nc2ccccc2N1C(=O)CN(C)c1ccc2ccccc2c1. The average Bonchev–Trinajstić information content (AvgIpc) is 2.81. The van der Waals surface area contributed by atoms with E-state index in [4.69, 9.17) is 0 Å². The molecule has 0 aliphatic carbocycles. The number of nitrogens with zero attached hydrogens (tertiary/aromatic N) is 2. The predicted molar refractivity (Wildman–Crippen MR) is 114 cm³/mol. The van der Waals surface area contributed by atoms with Crippen molar-refractivity contribution in [3.05, 3.63) is 66.7 Å². The first-order chi connectivity index (χ1) is 13.5. The maximum absolute atomic E-state index is 13.2. The maximum atomic E-state index is 13.2. The minimum absolute atomic E-state index is 0.0351. The Kier molecular flexibility index (Phi) is 4.74. The molecule has 1 heterocycles. The third kappa shape index (κ3) is 3.43. The van der Waals surface area contributed by atoms with Gasteiger partial charge in [0.15, 0.2) is 0 Å². The van der Waals surface area contributed by atoms with Crippen LogP contribution in [-0.2, 0) is 9.59 Å². The van der Waals surface area contributed by atoms with Crippen LogP contribution in [0.2, 0.25) is 0 Å². The Balaban J connectivity index is 1.60. The number of fused-ring (bicyclic) bond motifs is 2. The van der Waals surface area contributed by atoms with E-state index in [9.17, 15) is 9.59 Å². The summed E-state index contributed by atoms with van der Waals surface area (Å²) < 4.78 is 0. The van der Waals surface area contributed by atoms with E-state index in [-0.39, 0.29) is 30.8 Å². The number of likely N-dealkylation sites (N-methyl/N-ethyl adjacent to an activating group) is 1. The molecule has 5 nitrogen and oxygen atoms in total. The molecule has 0 radical (unpaired) electrons. The van der Waals surface area contributed by atoms with E-state index in [0.29, 0.717) is 5.69 Å². The van der Waals surface area contributed by atoms with Crippen molar-refractivity contribution in [3.63, 3.8) is 0 Å². The van der Waals surface area contributed by atoms with E-state index in [1.807, 2.05) is 61.3 Å². The van der Waals surface area contributed by atoms with Gasteiger partial charge < -0.3 is 15.1 Å². The van der Waals surface area contributed by atoms with Crippen molar-refractivity contribution in [2.75, 3.05) is 28.7 Å². The molecule has 1 atom stereocenters. The van der Waals surface area contributed by atoms with Crippen molar-refractivity contribution in [2.24, 2.45) is 0 Å². The Morgan fingerprint density at radius 2 is 1.79 bits per heavy atom. The molecule has 5 heteroatoms. The zero-order chi connectivity index (χ0) is 19.7. The smallest absolute Gasteiger partial charge is 0.246 e. The number of carbonyl (C=O) groups is 2. The van der Waals surface area contributed by atoms with Crippen molar-refractivity contribution in [3.8, 4) is 0 Å². The highest BCUT2D eigenvalue weighted by Gasteiger charge is 2.29. The normalized spacial score (nSPS) is 16.3. The number of para-hydroxylation sites is 2. The Morgan fingerprint density at radius 1 is 1.07 bits per heavy atom. The number of hydrogen-bond acceptors (Lipinski definition) is 3. The fourth-order valence-electron chi connectivity index (χ4n) is 3.75. The summed E-state index contributed by atoms with van der Waals surface area (Å²) in [4.78, 5) is 29.0. The van der Waals surface area contributed by atoms with Crippen LogP contribution in [0.4, 0.5) is 17.1 Å². The first kappa shape index (κ1) is 18.0. The Bertz CT molecular complexity index is 1050. The zero-order valence-corrected chi connectivity index (χ0v) is 16.1. The first-order valence-electron chi connectivity index (χ1n) is 9.44. The van der Waals surface area contributed by atoms with Gasteiger partial charge in [-0.05, 0) is 42.0 Å². The second-order valence-corrected chi connectivity index (χ2v) is 7.27. The molecule has 4 rings (SSSR count). The molecule has 0 spiro atoms. The van der Waals surface area contributed by atoms with Gasteiger partial charge in [0.2, 0.25) is 11.8 Å². The molecule has 0 aromatic heterocycles. The lowest BCUT2D eigenvalue weighted by Crippen LogP contribution is -2.44. The van der Waals surface area contributed by atoms with Gasteiger partial charge in [-0.15, -0.1) is 0 Å². The summed E-state index contributed by atoms with van der Waals surface area (Å²) in [6.45, 7) is 2.14. The summed E-state index contributed by atoms with van der Waals surface area (Å²) in [5, 5.41) is 5.21. The maximum Gasteiger partial charge on any atom is 0.246 e. The number of amides is 2. The summed E-state index contributed by atoms with van der Waals surface area (Å²) in [6.07, 6.45) is 0.278. The Morgan fingerprint density at radius 3 is 2.61 bits per heavy atom. The molecule has 1 unspecified atom stereocenters. The van der Waals surface area contributed by atoms with Gasteiger partial charge in [-0.2, -0.15) is 0 Å². The molecule has 28 heavy (non-hydrogen) atoms. The summed E-state index contributed by atoms with van der Waals surface area (Å²) in [7, 11) is 1.92. The van der Waals surface area contributed by atoms with Crippen LogP contribution in [0, 0.1) is 0 Å². The van der Waals surface area contributed by atoms with Crippen molar-refractivity contribution >= 4 is 39.6 Å². The van der Waals surface area contributed by atoms with Crippen LogP contribution in [0.5, 0.6) is 0 Å². The minimum Gasteiger partial charge on any atom is -0.365 e. The standard InChI is InChI=1S/C23H23N3O2/c1-16-13-22(27)24-20-9-5-6-10-21(20)26(16)23(28)15-25(2)19-12-11-17-7-3-4-8-18(17)14-19/h3-12,14,16H,13,15H2,1-2H3,(H,24,27). The fraction of sp³-hybridized carbons (Fsp3) is 0.217. The van der Waals surface area contributed by atoms with E-state index in [1.54, 1.807) is 4.90 Å². The lowest BCUT2D eigenvalue weighted by atomic mass is 10.1. The first-order valence-corrected chi connectivity index (χ1v) is 9.44. The second kappa shape index (κ2) is 7.35. The van der Waals surface area contributed by atoms with Crippen LogP contribution in [0.1, 0.15) is 13.3 Å². The predicted octanol–water partition coefficient (Wildman–Crippen LogP) is 4.04. The molecule has 0 saturated carbocycles. The summed E-state index contributed by atoms with van der Waals surface area (Å²) in [5.74, 6) is -0.106. The summed E-state index contributed by atoms with van der Waals surface area (Å²) in [5.41, 5.74) is 2.41. The second-order valence-electron chi connectivity index (χ2n) is 7.27. The molecule has 0 saturated heterocycles. The van der Waals surface area contributed by atoms with E-state index in [1.165, 1.54) is 5.39 Å². The molecule has 0 fully saturated rings. The van der Waals surface area contributed by atoms with Crippen LogP contribution in [0.3, 0.4) is 0 Å². The number of hydrogen-bond donors (Lipinski definition) is 1. The van der Waals surface area contributed by atoms with E-state index in [0.717, 1.165) is 16.8 Å². The molecule has 0 bridgehead atoms. The van der Waals surface area contributed by atoms with Gasteiger partial charge in [0.1, 0.15) is 0 Å². The molecular formula is C23H23N3O2. The van der Waals surface area contributed by atoms with Crippen molar-refractivity contribution in [2.45, 2.75) is 19.4 Å². The topological polar surface area (TPSA) is 52.7 Å². The molecule has 1 aliphatic rings. The van der Waals surface area contributed by atoms with Gasteiger partial charge in [0.25, 0.3) is 0 Å². The van der Waals surface area contributed by atoms with Crippen molar-refractivity contribution in [1.29, 1.82) is 0 Å². The van der Waals surface area contributed by atoms with Crippen LogP contribution in [0.15, 0.2) is 66.7 Å². The van der Waals surface area contributed by atoms with Gasteiger partial charge in [-0.3, -0.25) is 9.59 Å². The Labute approximate surface area is 164 Å².